The topological polar surface area (TPSA) is 72.2 Å². The average Bonchev–Trinajstić information content (AvgIpc) is 2.27. The summed E-state index contributed by atoms with van der Waals surface area (Å²) in [6.07, 6.45) is 1.71. The summed E-state index contributed by atoms with van der Waals surface area (Å²) in [6.45, 7) is 6.02. The highest BCUT2D eigenvalue weighted by Gasteiger charge is 2.26. The molecule has 0 aromatic heterocycles. The van der Waals surface area contributed by atoms with Gasteiger partial charge in [0.05, 0.1) is 4.90 Å². The monoisotopic (exact) mass is 270 g/mol. The lowest BCUT2D eigenvalue weighted by atomic mass is 10.0. The fourth-order valence-corrected chi connectivity index (χ4v) is 3.72. The minimum absolute atomic E-state index is 0.214. The molecule has 1 rings (SSSR count). The highest BCUT2D eigenvalue weighted by atomic mass is 32.2. The maximum absolute atomic E-state index is 12.3. The van der Waals surface area contributed by atoms with E-state index in [9.17, 15) is 8.42 Å². The van der Waals surface area contributed by atoms with Gasteiger partial charge in [0.1, 0.15) is 0 Å². The molecule has 0 unspecified atom stereocenters. The van der Waals surface area contributed by atoms with Crippen molar-refractivity contribution in [1.29, 1.82) is 0 Å². The zero-order chi connectivity index (χ0) is 13.8. The Morgan fingerprint density at radius 3 is 2.44 bits per heavy atom. The molecule has 0 saturated heterocycles. The third-order valence-corrected chi connectivity index (χ3v) is 4.57. The molecule has 18 heavy (non-hydrogen) atoms. The van der Waals surface area contributed by atoms with E-state index in [0.717, 1.165) is 12.8 Å². The van der Waals surface area contributed by atoms with Crippen LogP contribution in [0.5, 0.6) is 0 Å². The molecule has 0 fully saturated rings. The number of sulfonamides is 1. The molecule has 0 heterocycles. The van der Waals surface area contributed by atoms with Gasteiger partial charge in [-0.05, 0) is 31.9 Å². The Labute approximate surface area is 110 Å². The third-order valence-electron chi connectivity index (χ3n) is 2.77. The summed E-state index contributed by atoms with van der Waals surface area (Å²) in [7, 11) is -3.51. The summed E-state index contributed by atoms with van der Waals surface area (Å²) < 4.78 is 27.4. The van der Waals surface area contributed by atoms with Gasteiger partial charge in [-0.3, -0.25) is 0 Å². The van der Waals surface area contributed by atoms with Crippen LogP contribution in [0.1, 0.15) is 39.2 Å². The van der Waals surface area contributed by atoms with Gasteiger partial charge in [-0.1, -0.05) is 31.5 Å². The van der Waals surface area contributed by atoms with Crippen LogP contribution < -0.4 is 10.5 Å². The lowest BCUT2D eigenvalue weighted by Gasteiger charge is -2.26. The van der Waals surface area contributed by atoms with Gasteiger partial charge in [0.2, 0.25) is 10.0 Å². The second-order valence-corrected chi connectivity index (χ2v) is 6.70. The van der Waals surface area contributed by atoms with Gasteiger partial charge in [-0.25, -0.2) is 13.1 Å². The standard InChI is InChI=1S/C13H22N2O2S/c1-4-9-13(2,3)15-18(16,17)12-8-6-5-7-11(12)10-14/h5-8,15H,4,9-10,14H2,1-3H3. The lowest BCUT2D eigenvalue weighted by Crippen LogP contribution is -2.43. The van der Waals surface area contributed by atoms with Crippen LogP contribution >= 0.6 is 0 Å². The smallest absolute Gasteiger partial charge is 0.241 e. The summed E-state index contributed by atoms with van der Waals surface area (Å²) in [5.74, 6) is 0. The third kappa shape index (κ3) is 3.80. The van der Waals surface area contributed by atoms with Crippen molar-refractivity contribution in [2.75, 3.05) is 0 Å². The van der Waals surface area contributed by atoms with Gasteiger partial charge in [0.25, 0.3) is 0 Å². The Morgan fingerprint density at radius 1 is 1.28 bits per heavy atom. The van der Waals surface area contributed by atoms with E-state index in [1.807, 2.05) is 20.8 Å². The van der Waals surface area contributed by atoms with Gasteiger partial charge in [-0.15, -0.1) is 0 Å². The minimum atomic E-state index is -3.51. The van der Waals surface area contributed by atoms with E-state index in [1.54, 1.807) is 24.3 Å². The molecule has 0 radical (unpaired) electrons. The van der Waals surface area contributed by atoms with Crippen molar-refractivity contribution in [2.45, 2.75) is 50.6 Å². The van der Waals surface area contributed by atoms with Gasteiger partial charge in [-0.2, -0.15) is 0 Å². The summed E-state index contributed by atoms with van der Waals surface area (Å²) >= 11 is 0. The Morgan fingerprint density at radius 2 is 1.89 bits per heavy atom. The summed E-state index contributed by atoms with van der Waals surface area (Å²) in [4.78, 5) is 0.275. The van der Waals surface area contributed by atoms with E-state index in [4.69, 9.17) is 5.73 Å². The number of nitrogens with two attached hydrogens (primary N) is 1. The number of nitrogens with one attached hydrogen (secondary N) is 1. The van der Waals surface area contributed by atoms with Crippen molar-refractivity contribution in [3.8, 4) is 0 Å². The molecule has 4 nitrogen and oxygen atoms in total. The molecule has 102 valence electrons. The quantitative estimate of drug-likeness (QED) is 0.830. The highest BCUT2D eigenvalue weighted by Crippen LogP contribution is 2.19. The van der Waals surface area contributed by atoms with Crippen molar-refractivity contribution in [1.82, 2.24) is 4.72 Å². The Kier molecular flexibility index (Phi) is 4.90. The average molecular weight is 270 g/mol. The molecule has 0 bridgehead atoms. The molecule has 5 heteroatoms. The molecule has 1 aromatic carbocycles. The summed E-state index contributed by atoms with van der Waals surface area (Å²) in [6, 6.07) is 6.83. The maximum atomic E-state index is 12.3. The van der Waals surface area contributed by atoms with Crippen LogP contribution in [0.2, 0.25) is 0 Å². The minimum Gasteiger partial charge on any atom is -0.326 e. The number of benzene rings is 1. The van der Waals surface area contributed by atoms with E-state index in [1.165, 1.54) is 0 Å². The SMILES string of the molecule is CCCC(C)(C)NS(=O)(=O)c1ccccc1CN. The first-order valence-electron chi connectivity index (χ1n) is 6.14. The van der Waals surface area contributed by atoms with Gasteiger partial charge in [0, 0.05) is 12.1 Å². The molecule has 0 aliphatic heterocycles. The molecule has 3 N–H and O–H groups in total. The normalized spacial score (nSPS) is 12.7. The summed E-state index contributed by atoms with van der Waals surface area (Å²) in [5, 5.41) is 0. The van der Waals surface area contributed by atoms with E-state index >= 15 is 0 Å². The van der Waals surface area contributed by atoms with Gasteiger partial charge >= 0.3 is 0 Å². The summed E-state index contributed by atoms with van der Waals surface area (Å²) in [5.41, 5.74) is 5.76. The predicted molar refractivity (Wildman–Crippen MR) is 73.6 cm³/mol. The van der Waals surface area contributed by atoms with E-state index < -0.39 is 15.6 Å². The predicted octanol–water partition coefficient (Wildman–Crippen LogP) is 2.00. The van der Waals surface area contributed by atoms with Gasteiger partial charge < -0.3 is 5.73 Å². The van der Waals surface area contributed by atoms with Crippen molar-refractivity contribution in [3.05, 3.63) is 29.8 Å². The van der Waals surface area contributed by atoms with Crippen LogP contribution in [0.15, 0.2) is 29.2 Å². The first-order chi connectivity index (χ1) is 8.32. The number of hydrogen-bond donors (Lipinski definition) is 2. The molecule has 0 amide bonds. The zero-order valence-corrected chi connectivity index (χ0v) is 12.0. The largest absolute Gasteiger partial charge is 0.326 e. The van der Waals surface area contributed by atoms with Gasteiger partial charge in [0.15, 0.2) is 0 Å². The fraction of sp³-hybridized carbons (Fsp3) is 0.538. The molecule has 0 aliphatic carbocycles. The second-order valence-electron chi connectivity index (χ2n) is 5.05. The lowest BCUT2D eigenvalue weighted by molar-refractivity contribution is 0.417. The zero-order valence-electron chi connectivity index (χ0n) is 11.2. The molecule has 1 aromatic rings. The van der Waals surface area contributed by atoms with Crippen LogP contribution in [0.3, 0.4) is 0 Å². The maximum Gasteiger partial charge on any atom is 0.241 e. The molecule has 0 aliphatic rings. The Bertz CT molecular complexity index is 495. The molecular weight excluding hydrogens is 248 g/mol. The fourth-order valence-electron chi connectivity index (χ4n) is 2.03. The van der Waals surface area contributed by atoms with Crippen LogP contribution in [0.25, 0.3) is 0 Å². The van der Waals surface area contributed by atoms with Crippen LogP contribution in [0.4, 0.5) is 0 Å². The molecule has 0 spiro atoms. The Hall–Kier alpha value is -0.910. The van der Waals surface area contributed by atoms with Crippen molar-refractivity contribution in [2.24, 2.45) is 5.73 Å². The van der Waals surface area contributed by atoms with Crippen LogP contribution in [-0.2, 0) is 16.6 Å². The number of hydrogen-bond acceptors (Lipinski definition) is 3. The molecule has 0 saturated carbocycles. The van der Waals surface area contributed by atoms with E-state index in [0.29, 0.717) is 5.56 Å². The molecule has 0 atom stereocenters. The van der Waals surface area contributed by atoms with E-state index in [2.05, 4.69) is 4.72 Å². The first-order valence-corrected chi connectivity index (χ1v) is 7.62. The highest BCUT2D eigenvalue weighted by molar-refractivity contribution is 7.89. The second kappa shape index (κ2) is 5.82. The van der Waals surface area contributed by atoms with Crippen molar-refractivity contribution in [3.63, 3.8) is 0 Å². The van der Waals surface area contributed by atoms with Crippen LogP contribution in [0, 0.1) is 0 Å². The van der Waals surface area contributed by atoms with Crippen molar-refractivity contribution < 1.29 is 8.42 Å². The van der Waals surface area contributed by atoms with Crippen LogP contribution in [-0.4, -0.2) is 14.0 Å². The first kappa shape index (κ1) is 15.1. The molecular formula is C13H22N2O2S. The Balaban J connectivity index is 3.07. The van der Waals surface area contributed by atoms with E-state index in [-0.39, 0.29) is 11.4 Å². The van der Waals surface area contributed by atoms with Crippen molar-refractivity contribution >= 4 is 10.0 Å². The number of rotatable bonds is 6.